The molecule has 1 aliphatic rings. The second-order valence-electron chi connectivity index (χ2n) is 3.64. The topological polar surface area (TPSA) is 64.7 Å². The minimum Gasteiger partial charge on any atom is -0.508 e. The van der Waals surface area contributed by atoms with Crippen molar-refractivity contribution in [3.05, 3.63) is 29.8 Å². The van der Waals surface area contributed by atoms with E-state index in [1.165, 1.54) is 0 Å². The predicted octanol–water partition coefficient (Wildman–Crippen LogP) is 0.635. The van der Waals surface area contributed by atoms with Crippen LogP contribution in [0.1, 0.15) is 5.56 Å². The summed E-state index contributed by atoms with van der Waals surface area (Å²) in [6.07, 6.45) is 0.393. The zero-order chi connectivity index (χ0) is 10.7. The van der Waals surface area contributed by atoms with Crippen molar-refractivity contribution in [2.75, 3.05) is 13.2 Å². The van der Waals surface area contributed by atoms with Gasteiger partial charge in [0.25, 0.3) is 0 Å². The summed E-state index contributed by atoms with van der Waals surface area (Å²) in [4.78, 5) is 0. The predicted molar refractivity (Wildman–Crippen MR) is 55.5 cm³/mol. The van der Waals surface area contributed by atoms with Crippen LogP contribution in [0, 0.1) is 0 Å². The van der Waals surface area contributed by atoms with Crippen LogP contribution in [0.3, 0.4) is 0 Å². The lowest BCUT2D eigenvalue weighted by molar-refractivity contribution is -0.0585. The van der Waals surface area contributed by atoms with E-state index in [4.69, 9.17) is 20.3 Å². The van der Waals surface area contributed by atoms with Gasteiger partial charge in [0.2, 0.25) is 0 Å². The van der Waals surface area contributed by atoms with Crippen LogP contribution in [0.5, 0.6) is 5.75 Å². The summed E-state index contributed by atoms with van der Waals surface area (Å²) in [5, 5.41) is 9.12. The maximum Gasteiger partial charge on any atom is 0.173 e. The standard InChI is InChI=1S/C11H15NO3/c12-10(11-14-5-6-15-11)7-8-1-3-9(13)4-2-8/h1-4,10-11,13H,5-7,12H2. The smallest absolute Gasteiger partial charge is 0.173 e. The largest absolute Gasteiger partial charge is 0.508 e. The Labute approximate surface area is 88.6 Å². The summed E-state index contributed by atoms with van der Waals surface area (Å²) in [5.74, 6) is 0.265. The first-order chi connectivity index (χ1) is 7.25. The number of nitrogens with two attached hydrogens (primary N) is 1. The van der Waals surface area contributed by atoms with Gasteiger partial charge in [0.15, 0.2) is 6.29 Å². The molecule has 0 aromatic heterocycles. The molecule has 0 bridgehead atoms. The molecule has 0 aliphatic carbocycles. The number of hydrogen-bond donors (Lipinski definition) is 2. The van der Waals surface area contributed by atoms with Crippen molar-refractivity contribution >= 4 is 0 Å². The fourth-order valence-electron chi connectivity index (χ4n) is 1.62. The lowest BCUT2D eigenvalue weighted by Crippen LogP contribution is -2.37. The number of benzene rings is 1. The maximum absolute atomic E-state index is 9.12. The van der Waals surface area contributed by atoms with Gasteiger partial charge in [0, 0.05) is 0 Å². The highest BCUT2D eigenvalue weighted by atomic mass is 16.7. The monoisotopic (exact) mass is 209 g/mol. The molecule has 3 N–H and O–H groups in total. The fraction of sp³-hybridized carbons (Fsp3) is 0.455. The van der Waals surface area contributed by atoms with E-state index >= 15 is 0 Å². The molecule has 0 amide bonds. The van der Waals surface area contributed by atoms with Crippen LogP contribution in [0.2, 0.25) is 0 Å². The normalized spacial score (nSPS) is 19.3. The number of rotatable bonds is 3. The van der Waals surface area contributed by atoms with Crippen LogP contribution in [0.4, 0.5) is 0 Å². The number of ether oxygens (including phenoxy) is 2. The molecule has 2 rings (SSSR count). The average molecular weight is 209 g/mol. The second kappa shape index (κ2) is 4.61. The third-order valence-electron chi connectivity index (χ3n) is 2.40. The Bertz CT molecular complexity index is 306. The minimum atomic E-state index is -0.293. The molecule has 1 aromatic rings. The van der Waals surface area contributed by atoms with Crippen LogP contribution < -0.4 is 5.73 Å². The molecule has 0 spiro atoms. The van der Waals surface area contributed by atoms with Crippen molar-refractivity contribution in [2.24, 2.45) is 5.73 Å². The van der Waals surface area contributed by atoms with E-state index in [1.54, 1.807) is 12.1 Å². The van der Waals surface area contributed by atoms with Gasteiger partial charge in [-0.1, -0.05) is 12.1 Å². The van der Waals surface area contributed by atoms with Gasteiger partial charge in [0.1, 0.15) is 5.75 Å². The minimum absolute atomic E-state index is 0.156. The van der Waals surface area contributed by atoms with Crippen molar-refractivity contribution in [2.45, 2.75) is 18.8 Å². The number of phenols is 1. The zero-order valence-corrected chi connectivity index (χ0v) is 8.43. The molecule has 0 saturated carbocycles. The molecular weight excluding hydrogens is 194 g/mol. The molecule has 1 saturated heterocycles. The van der Waals surface area contributed by atoms with Gasteiger partial charge in [-0.3, -0.25) is 0 Å². The summed E-state index contributed by atoms with van der Waals surface area (Å²) < 4.78 is 10.6. The third-order valence-corrected chi connectivity index (χ3v) is 2.40. The lowest BCUT2D eigenvalue weighted by atomic mass is 10.1. The van der Waals surface area contributed by atoms with Gasteiger partial charge in [-0.15, -0.1) is 0 Å². The molecule has 1 fully saturated rings. The second-order valence-corrected chi connectivity index (χ2v) is 3.64. The van der Waals surface area contributed by atoms with Crippen LogP contribution in [-0.4, -0.2) is 30.7 Å². The first-order valence-corrected chi connectivity index (χ1v) is 5.02. The van der Waals surface area contributed by atoms with E-state index in [9.17, 15) is 0 Å². The Balaban J connectivity index is 1.92. The van der Waals surface area contributed by atoms with Crippen molar-refractivity contribution < 1.29 is 14.6 Å². The number of aromatic hydroxyl groups is 1. The molecule has 1 aromatic carbocycles. The van der Waals surface area contributed by atoms with E-state index < -0.39 is 0 Å². The van der Waals surface area contributed by atoms with Gasteiger partial charge in [0.05, 0.1) is 19.3 Å². The average Bonchev–Trinajstić information content (AvgIpc) is 2.74. The van der Waals surface area contributed by atoms with E-state index in [-0.39, 0.29) is 18.1 Å². The highest BCUT2D eigenvalue weighted by molar-refractivity contribution is 5.26. The molecule has 4 heteroatoms. The van der Waals surface area contributed by atoms with Gasteiger partial charge in [-0.25, -0.2) is 0 Å². The summed E-state index contributed by atoms with van der Waals surface area (Å²) >= 11 is 0. The molecular formula is C11H15NO3. The fourth-order valence-corrected chi connectivity index (χ4v) is 1.62. The quantitative estimate of drug-likeness (QED) is 0.766. The lowest BCUT2D eigenvalue weighted by Gasteiger charge is -2.17. The SMILES string of the molecule is NC(Cc1ccc(O)cc1)C1OCCO1. The first-order valence-electron chi connectivity index (χ1n) is 5.02. The van der Waals surface area contributed by atoms with E-state index in [1.807, 2.05) is 12.1 Å². The van der Waals surface area contributed by atoms with Crippen molar-refractivity contribution in [3.8, 4) is 5.75 Å². The Morgan fingerprint density at radius 1 is 1.27 bits per heavy atom. The molecule has 82 valence electrons. The molecule has 15 heavy (non-hydrogen) atoms. The summed E-state index contributed by atoms with van der Waals surface area (Å²) in [6.45, 7) is 1.24. The van der Waals surface area contributed by atoms with Crippen LogP contribution >= 0.6 is 0 Å². The van der Waals surface area contributed by atoms with Gasteiger partial charge in [-0.05, 0) is 24.1 Å². The Kier molecular flexibility index (Phi) is 3.20. The first kappa shape index (κ1) is 10.4. The van der Waals surface area contributed by atoms with Gasteiger partial charge >= 0.3 is 0 Å². The molecule has 1 heterocycles. The molecule has 0 radical (unpaired) electrons. The number of hydrogen-bond acceptors (Lipinski definition) is 4. The molecule has 1 atom stereocenters. The highest BCUT2D eigenvalue weighted by Gasteiger charge is 2.23. The molecule has 1 unspecified atom stereocenters. The maximum atomic E-state index is 9.12. The Morgan fingerprint density at radius 2 is 1.87 bits per heavy atom. The van der Waals surface area contributed by atoms with E-state index in [0.29, 0.717) is 19.6 Å². The van der Waals surface area contributed by atoms with Crippen molar-refractivity contribution in [1.82, 2.24) is 0 Å². The van der Waals surface area contributed by atoms with E-state index in [0.717, 1.165) is 5.56 Å². The highest BCUT2D eigenvalue weighted by Crippen LogP contribution is 2.14. The molecule has 1 aliphatic heterocycles. The Morgan fingerprint density at radius 3 is 2.47 bits per heavy atom. The summed E-state index contributed by atoms with van der Waals surface area (Å²) in [5.41, 5.74) is 7.01. The van der Waals surface area contributed by atoms with E-state index in [2.05, 4.69) is 0 Å². The third kappa shape index (κ3) is 2.68. The van der Waals surface area contributed by atoms with Crippen molar-refractivity contribution in [3.63, 3.8) is 0 Å². The number of phenolic OH excluding ortho intramolecular Hbond substituents is 1. The van der Waals surface area contributed by atoms with Crippen LogP contribution in [0.15, 0.2) is 24.3 Å². The Hall–Kier alpha value is -1.10. The zero-order valence-electron chi connectivity index (χ0n) is 8.43. The summed E-state index contributed by atoms with van der Waals surface area (Å²) in [7, 11) is 0. The van der Waals surface area contributed by atoms with Crippen LogP contribution in [-0.2, 0) is 15.9 Å². The van der Waals surface area contributed by atoms with Gasteiger partial charge in [-0.2, -0.15) is 0 Å². The molecule has 4 nitrogen and oxygen atoms in total. The van der Waals surface area contributed by atoms with Crippen molar-refractivity contribution in [1.29, 1.82) is 0 Å². The van der Waals surface area contributed by atoms with Gasteiger partial charge < -0.3 is 20.3 Å². The van der Waals surface area contributed by atoms with Crippen LogP contribution in [0.25, 0.3) is 0 Å². The summed E-state index contributed by atoms with van der Waals surface area (Å²) in [6, 6.07) is 6.85.